The third kappa shape index (κ3) is 4.20. The highest BCUT2D eigenvalue weighted by Gasteiger charge is 2.33. The third-order valence-corrected chi connectivity index (χ3v) is 3.16. The Morgan fingerprint density at radius 3 is 2.40 bits per heavy atom. The van der Waals surface area contributed by atoms with Crippen molar-refractivity contribution in [2.24, 2.45) is 5.92 Å². The van der Waals surface area contributed by atoms with Crippen LogP contribution in [0.2, 0.25) is 0 Å². The third-order valence-electron chi connectivity index (χ3n) is 3.16. The Kier molecular flexibility index (Phi) is 4.14. The van der Waals surface area contributed by atoms with Crippen LogP contribution in [0.5, 0.6) is 0 Å². The zero-order valence-corrected chi connectivity index (χ0v) is 10.1. The molecule has 1 aliphatic rings. The van der Waals surface area contributed by atoms with Gasteiger partial charge >= 0.3 is 5.97 Å². The minimum absolute atomic E-state index is 0.303. The van der Waals surface area contributed by atoms with E-state index in [9.17, 15) is 4.79 Å². The van der Waals surface area contributed by atoms with Crippen LogP contribution >= 0.6 is 0 Å². The average Bonchev–Trinajstić information content (AvgIpc) is 1.96. The monoisotopic (exact) mass is 213 g/mol. The van der Waals surface area contributed by atoms with E-state index in [1.807, 2.05) is 0 Å². The van der Waals surface area contributed by atoms with Crippen molar-refractivity contribution in [2.45, 2.75) is 52.0 Å². The summed E-state index contributed by atoms with van der Waals surface area (Å²) in [5.74, 6) is 0.137. The fourth-order valence-corrected chi connectivity index (χ4v) is 2.01. The lowest BCUT2D eigenvalue weighted by molar-refractivity contribution is -0.137. The highest BCUT2D eigenvalue weighted by atomic mass is 16.4. The van der Waals surface area contributed by atoms with E-state index in [2.05, 4.69) is 25.7 Å². The number of unbranched alkanes of at least 4 members (excludes halogenated alkanes) is 1. The first-order chi connectivity index (χ1) is 6.89. The summed E-state index contributed by atoms with van der Waals surface area (Å²) in [7, 11) is 0. The largest absolute Gasteiger partial charge is 0.481 e. The average molecular weight is 213 g/mol. The van der Waals surface area contributed by atoms with Gasteiger partial charge in [0.05, 0.1) is 0 Å². The summed E-state index contributed by atoms with van der Waals surface area (Å²) in [6.07, 6.45) is 3.42. The van der Waals surface area contributed by atoms with Gasteiger partial charge in [-0.3, -0.25) is 9.69 Å². The molecule has 1 rings (SSSR count). The van der Waals surface area contributed by atoms with Crippen LogP contribution in [0.25, 0.3) is 0 Å². The molecule has 0 bridgehead atoms. The molecule has 0 aromatic carbocycles. The summed E-state index contributed by atoms with van der Waals surface area (Å²) in [5, 5.41) is 8.49. The van der Waals surface area contributed by atoms with Crippen molar-refractivity contribution in [2.75, 3.05) is 13.1 Å². The zero-order valence-electron chi connectivity index (χ0n) is 10.1. The SMILES string of the molecule is CC(C)(C)N1CC(CCCCC(=O)O)C1. The molecule has 1 saturated heterocycles. The van der Waals surface area contributed by atoms with Crippen molar-refractivity contribution in [3.8, 4) is 0 Å². The molecular formula is C12H23NO2. The number of carboxylic acids is 1. The van der Waals surface area contributed by atoms with Gasteiger partial charge in [-0.15, -0.1) is 0 Å². The fourth-order valence-electron chi connectivity index (χ4n) is 2.01. The van der Waals surface area contributed by atoms with Gasteiger partial charge in [-0.2, -0.15) is 0 Å². The zero-order chi connectivity index (χ0) is 11.5. The van der Waals surface area contributed by atoms with Crippen molar-refractivity contribution in [1.82, 2.24) is 4.90 Å². The molecule has 0 aromatic rings. The normalized spacial score (nSPS) is 18.9. The molecule has 0 amide bonds. The lowest BCUT2D eigenvalue weighted by Crippen LogP contribution is -2.55. The number of carbonyl (C=O) groups is 1. The Morgan fingerprint density at radius 2 is 1.93 bits per heavy atom. The van der Waals surface area contributed by atoms with Gasteiger partial charge in [-0.25, -0.2) is 0 Å². The maximum Gasteiger partial charge on any atom is 0.303 e. The van der Waals surface area contributed by atoms with E-state index in [1.54, 1.807) is 0 Å². The summed E-state index contributed by atoms with van der Waals surface area (Å²) in [4.78, 5) is 12.8. The Labute approximate surface area is 92.5 Å². The lowest BCUT2D eigenvalue weighted by Gasteiger charge is -2.48. The van der Waals surface area contributed by atoms with Gasteiger partial charge in [-0.1, -0.05) is 6.42 Å². The van der Waals surface area contributed by atoms with Crippen molar-refractivity contribution >= 4 is 5.97 Å². The van der Waals surface area contributed by atoms with E-state index in [4.69, 9.17) is 5.11 Å². The Bertz CT molecular complexity index is 214. The van der Waals surface area contributed by atoms with Crippen LogP contribution in [0.1, 0.15) is 46.5 Å². The molecule has 0 radical (unpaired) electrons. The second-order valence-corrected chi connectivity index (χ2v) is 5.58. The van der Waals surface area contributed by atoms with Crippen LogP contribution < -0.4 is 0 Å². The highest BCUT2D eigenvalue weighted by Crippen LogP contribution is 2.28. The minimum Gasteiger partial charge on any atom is -0.481 e. The quantitative estimate of drug-likeness (QED) is 0.713. The molecule has 1 N–H and O–H groups in total. The molecule has 3 nitrogen and oxygen atoms in total. The summed E-state index contributed by atoms with van der Waals surface area (Å²) in [6, 6.07) is 0. The molecule has 3 heteroatoms. The van der Waals surface area contributed by atoms with E-state index in [1.165, 1.54) is 19.5 Å². The summed E-state index contributed by atoms with van der Waals surface area (Å²) in [6.45, 7) is 9.11. The molecular weight excluding hydrogens is 190 g/mol. The smallest absolute Gasteiger partial charge is 0.303 e. The van der Waals surface area contributed by atoms with Crippen molar-refractivity contribution in [3.05, 3.63) is 0 Å². The van der Waals surface area contributed by atoms with Gasteiger partial charge < -0.3 is 5.11 Å². The van der Waals surface area contributed by atoms with E-state index < -0.39 is 5.97 Å². The van der Waals surface area contributed by atoms with E-state index in [0.717, 1.165) is 18.8 Å². The second-order valence-electron chi connectivity index (χ2n) is 5.58. The van der Waals surface area contributed by atoms with Gasteiger partial charge in [-0.05, 0) is 39.5 Å². The van der Waals surface area contributed by atoms with Gasteiger partial charge in [0.2, 0.25) is 0 Å². The second kappa shape index (κ2) is 4.97. The Morgan fingerprint density at radius 1 is 1.33 bits per heavy atom. The number of rotatable bonds is 5. The molecule has 1 aliphatic heterocycles. The molecule has 15 heavy (non-hydrogen) atoms. The Hall–Kier alpha value is -0.570. The van der Waals surface area contributed by atoms with Gasteiger partial charge in [0.15, 0.2) is 0 Å². The van der Waals surface area contributed by atoms with Crippen LogP contribution in [0.15, 0.2) is 0 Å². The van der Waals surface area contributed by atoms with Crippen LogP contribution in [-0.4, -0.2) is 34.6 Å². The molecule has 0 spiro atoms. The van der Waals surface area contributed by atoms with Gasteiger partial charge in [0, 0.05) is 25.0 Å². The topological polar surface area (TPSA) is 40.5 Å². The highest BCUT2D eigenvalue weighted by molar-refractivity contribution is 5.66. The minimum atomic E-state index is -0.667. The predicted molar refractivity (Wildman–Crippen MR) is 60.9 cm³/mol. The summed E-state index contributed by atoms with van der Waals surface area (Å²) in [5.41, 5.74) is 0.303. The van der Waals surface area contributed by atoms with Crippen molar-refractivity contribution in [1.29, 1.82) is 0 Å². The van der Waals surface area contributed by atoms with Crippen molar-refractivity contribution in [3.63, 3.8) is 0 Å². The molecule has 0 aliphatic carbocycles. The number of hydrogen-bond acceptors (Lipinski definition) is 2. The molecule has 1 heterocycles. The van der Waals surface area contributed by atoms with Crippen LogP contribution in [0, 0.1) is 5.92 Å². The first kappa shape index (κ1) is 12.5. The summed E-state index contributed by atoms with van der Waals surface area (Å²) >= 11 is 0. The van der Waals surface area contributed by atoms with Crippen LogP contribution in [0.4, 0.5) is 0 Å². The van der Waals surface area contributed by atoms with E-state index in [0.29, 0.717) is 12.0 Å². The molecule has 0 unspecified atom stereocenters. The molecule has 0 aromatic heterocycles. The van der Waals surface area contributed by atoms with Crippen molar-refractivity contribution < 1.29 is 9.90 Å². The summed E-state index contributed by atoms with van der Waals surface area (Å²) < 4.78 is 0. The fraction of sp³-hybridized carbons (Fsp3) is 0.917. The van der Waals surface area contributed by atoms with Crippen LogP contribution in [0.3, 0.4) is 0 Å². The first-order valence-corrected chi connectivity index (χ1v) is 5.86. The van der Waals surface area contributed by atoms with E-state index >= 15 is 0 Å². The number of likely N-dealkylation sites (tertiary alicyclic amines) is 1. The lowest BCUT2D eigenvalue weighted by atomic mass is 9.88. The van der Waals surface area contributed by atoms with Crippen LogP contribution in [-0.2, 0) is 4.79 Å². The van der Waals surface area contributed by atoms with Gasteiger partial charge in [0.25, 0.3) is 0 Å². The van der Waals surface area contributed by atoms with Gasteiger partial charge in [0.1, 0.15) is 0 Å². The molecule has 1 fully saturated rings. The number of aliphatic carboxylic acids is 1. The number of carboxylic acid groups (broad SMARTS) is 1. The number of nitrogens with zero attached hydrogens (tertiary/aromatic N) is 1. The molecule has 88 valence electrons. The molecule has 0 saturated carbocycles. The number of hydrogen-bond donors (Lipinski definition) is 1. The Balaban J connectivity index is 2.01. The maximum absolute atomic E-state index is 10.3. The standard InChI is InChI=1S/C12H23NO2/c1-12(2,3)13-8-10(9-13)6-4-5-7-11(14)15/h10H,4-9H2,1-3H3,(H,14,15). The first-order valence-electron chi connectivity index (χ1n) is 5.86. The maximum atomic E-state index is 10.3. The molecule has 0 atom stereocenters. The predicted octanol–water partition coefficient (Wildman–Crippen LogP) is 2.36. The van der Waals surface area contributed by atoms with E-state index in [-0.39, 0.29) is 0 Å².